The molecule has 2 aromatic carbocycles. The minimum Gasteiger partial charge on any atom is -0.464 e. The van der Waals surface area contributed by atoms with Gasteiger partial charge >= 0.3 is 5.97 Å². The second kappa shape index (κ2) is 7.54. The van der Waals surface area contributed by atoms with Crippen LogP contribution in [0.25, 0.3) is 0 Å². The molecular weight excluding hydrogens is 392 g/mol. The van der Waals surface area contributed by atoms with Crippen LogP contribution in [0.5, 0.6) is 0 Å². The number of ether oxygens (including phenoxy) is 1. The van der Waals surface area contributed by atoms with Crippen LogP contribution in [-0.2, 0) is 9.53 Å². The number of nitrogens with zero attached hydrogens (tertiary/aromatic N) is 5. The second-order valence-electron chi connectivity index (χ2n) is 6.27. The van der Waals surface area contributed by atoms with Crippen molar-refractivity contribution in [2.75, 3.05) is 12.4 Å². The van der Waals surface area contributed by atoms with Gasteiger partial charge in [0.1, 0.15) is 11.7 Å². The number of hydrogen-bond donors (Lipinski definition) is 1. The average molecular weight is 406 g/mol. The first-order chi connectivity index (χ1) is 14.5. The highest BCUT2D eigenvalue weighted by Gasteiger charge is 2.41. The highest BCUT2D eigenvalue weighted by molar-refractivity contribution is 6.15. The van der Waals surface area contributed by atoms with Crippen molar-refractivity contribution in [2.45, 2.75) is 6.04 Å². The molecule has 2 heterocycles. The molecule has 0 spiro atoms. The number of ketones is 1. The highest BCUT2D eigenvalue weighted by atomic mass is 16.6. The molecule has 4 rings (SSSR count). The van der Waals surface area contributed by atoms with Gasteiger partial charge in [-0.15, -0.1) is 0 Å². The number of fused-ring (bicyclic) bond motifs is 1. The summed E-state index contributed by atoms with van der Waals surface area (Å²) >= 11 is 0. The number of nitrogens with one attached hydrogen (secondary N) is 1. The van der Waals surface area contributed by atoms with E-state index in [2.05, 4.69) is 20.8 Å². The number of Topliss-reactive ketones (excluding diaryl/α,β-unsaturated/α-hetero) is 1. The van der Waals surface area contributed by atoms with E-state index in [1.54, 1.807) is 36.4 Å². The summed E-state index contributed by atoms with van der Waals surface area (Å²) < 4.78 is 6.06. The Kier molecular flexibility index (Phi) is 4.76. The number of allylic oxidation sites excluding steroid dienone is 1. The molecule has 30 heavy (non-hydrogen) atoms. The number of hydrogen-bond acceptors (Lipinski definition) is 9. The first kappa shape index (κ1) is 18.9. The summed E-state index contributed by atoms with van der Waals surface area (Å²) in [6.07, 6.45) is 0. The molecular formula is C19H14N6O5. The number of esters is 1. The summed E-state index contributed by atoms with van der Waals surface area (Å²) in [5, 5.41) is 25.7. The van der Waals surface area contributed by atoms with Crippen LogP contribution in [0.3, 0.4) is 0 Å². The van der Waals surface area contributed by atoms with Gasteiger partial charge in [0.15, 0.2) is 5.78 Å². The van der Waals surface area contributed by atoms with Crippen molar-refractivity contribution in [1.82, 2.24) is 20.2 Å². The van der Waals surface area contributed by atoms with Crippen molar-refractivity contribution >= 4 is 23.4 Å². The molecule has 3 aromatic rings. The molecule has 1 atom stereocenters. The van der Waals surface area contributed by atoms with E-state index in [0.717, 1.165) is 0 Å². The van der Waals surface area contributed by atoms with Crippen molar-refractivity contribution in [2.24, 2.45) is 0 Å². The summed E-state index contributed by atoms with van der Waals surface area (Å²) in [5.41, 5.74) is -0.0542. The first-order valence-corrected chi connectivity index (χ1v) is 8.73. The van der Waals surface area contributed by atoms with Crippen LogP contribution in [0.15, 0.2) is 65.9 Å². The van der Waals surface area contributed by atoms with E-state index in [9.17, 15) is 19.7 Å². The Balaban J connectivity index is 2.02. The van der Waals surface area contributed by atoms with Gasteiger partial charge in [-0.2, -0.15) is 4.68 Å². The maximum absolute atomic E-state index is 13.5. The van der Waals surface area contributed by atoms with E-state index in [0.29, 0.717) is 0 Å². The van der Waals surface area contributed by atoms with Crippen LogP contribution >= 0.6 is 0 Å². The van der Waals surface area contributed by atoms with Crippen LogP contribution in [0.1, 0.15) is 22.0 Å². The van der Waals surface area contributed by atoms with Crippen LogP contribution in [0.4, 0.5) is 11.6 Å². The SMILES string of the molecule is COC(=O)C1=C(C(=O)c2ccccc2)C(c2ccccc2[N+](=O)[O-])n2nnnc2N1. The Morgan fingerprint density at radius 1 is 1.13 bits per heavy atom. The molecule has 0 saturated carbocycles. The number of tetrazole rings is 1. The topological polar surface area (TPSA) is 142 Å². The zero-order valence-electron chi connectivity index (χ0n) is 15.6. The molecule has 0 fully saturated rings. The number of benzene rings is 2. The number of nitro benzene ring substituents is 1. The minimum absolute atomic E-state index is 0.0446. The summed E-state index contributed by atoms with van der Waals surface area (Å²) in [4.78, 5) is 37.1. The lowest BCUT2D eigenvalue weighted by molar-refractivity contribution is -0.385. The average Bonchev–Trinajstić information content (AvgIpc) is 3.25. The second-order valence-corrected chi connectivity index (χ2v) is 6.27. The Labute approximate surface area is 169 Å². The highest BCUT2D eigenvalue weighted by Crippen LogP contribution is 2.39. The predicted octanol–water partition coefficient (Wildman–Crippen LogP) is 1.91. The van der Waals surface area contributed by atoms with Gasteiger partial charge in [-0.3, -0.25) is 14.9 Å². The third-order valence-electron chi connectivity index (χ3n) is 4.62. The minimum atomic E-state index is -1.13. The predicted molar refractivity (Wildman–Crippen MR) is 102 cm³/mol. The molecule has 1 aliphatic rings. The van der Waals surface area contributed by atoms with Gasteiger partial charge in [0.05, 0.1) is 23.2 Å². The van der Waals surface area contributed by atoms with Crippen LogP contribution in [0, 0.1) is 10.1 Å². The normalized spacial score (nSPS) is 15.2. The molecule has 0 radical (unpaired) electrons. The smallest absolute Gasteiger partial charge is 0.355 e. The third-order valence-corrected chi connectivity index (χ3v) is 4.62. The van der Waals surface area contributed by atoms with E-state index in [4.69, 9.17) is 4.74 Å². The molecule has 150 valence electrons. The molecule has 1 unspecified atom stereocenters. The molecule has 0 bridgehead atoms. The molecule has 1 aliphatic heterocycles. The molecule has 1 N–H and O–H groups in total. The van der Waals surface area contributed by atoms with Crippen molar-refractivity contribution < 1.29 is 19.2 Å². The molecule has 0 amide bonds. The van der Waals surface area contributed by atoms with E-state index < -0.39 is 22.7 Å². The summed E-state index contributed by atoms with van der Waals surface area (Å²) in [6.45, 7) is 0. The largest absolute Gasteiger partial charge is 0.464 e. The van der Waals surface area contributed by atoms with E-state index in [1.807, 2.05) is 0 Å². The summed E-state index contributed by atoms with van der Waals surface area (Å²) in [6, 6.07) is 13.0. The van der Waals surface area contributed by atoms with Crippen LogP contribution in [0.2, 0.25) is 0 Å². The monoisotopic (exact) mass is 406 g/mol. The fourth-order valence-corrected chi connectivity index (χ4v) is 3.31. The number of carbonyl (C=O) groups excluding carboxylic acids is 2. The van der Waals surface area contributed by atoms with Crippen molar-refractivity contribution in [3.05, 3.63) is 87.1 Å². The molecule has 1 aromatic heterocycles. The molecule has 0 aliphatic carbocycles. The Hall–Kier alpha value is -4.41. The van der Waals surface area contributed by atoms with Gasteiger partial charge in [-0.1, -0.05) is 47.6 Å². The Morgan fingerprint density at radius 2 is 1.83 bits per heavy atom. The number of aromatic nitrogens is 4. The number of nitro groups is 1. The number of methoxy groups -OCH3 is 1. The fraction of sp³-hybridized carbons (Fsp3) is 0.105. The van der Waals surface area contributed by atoms with Crippen molar-refractivity contribution in [1.29, 1.82) is 0 Å². The van der Waals surface area contributed by atoms with Crippen molar-refractivity contribution in [3.63, 3.8) is 0 Å². The maximum Gasteiger partial charge on any atom is 0.355 e. The lowest BCUT2D eigenvalue weighted by atomic mass is 9.88. The zero-order chi connectivity index (χ0) is 21.3. The quantitative estimate of drug-likeness (QED) is 0.291. The third kappa shape index (κ3) is 3.07. The van der Waals surface area contributed by atoms with E-state index in [-0.39, 0.29) is 34.0 Å². The van der Waals surface area contributed by atoms with Crippen LogP contribution in [-0.4, -0.2) is 44.0 Å². The lowest BCUT2D eigenvalue weighted by Gasteiger charge is -2.27. The number of para-hydroxylation sites is 1. The van der Waals surface area contributed by atoms with Gasteiger partial charge in [-0.25, -0.2) is 4.79 Å². The maximum atomic E-state index is 13.5. The Morgan fingerprint density at radius 3 is 2.53 bits per heavy atom. The van der Waals surface area contributed by atoms with Crippen molar-refractivity contribution in [3.8, 4) is 0 Å². The van der Waals surface area contributed by atoms with Crippen LogP contribution < -0.4 is 5.32 Å². The van der Waals surface area contributed by atoms with E-state index >= 15 is 0 Å². The number of anilines is 1. The zero-order valence-corrected chi connectivity index (χ0v) is 15.6. The van der Waals surface area contributed by atoms with E-state index in [1.165, 1.54) is 30.0 Å². The molecule has 11 nitrogen and oxygen atoms in total. The van der Waals surface area contributed by atoms with Gasteiger partial charge in [0.2, 0.25) is 5.95 Å². The molecule has 11 heteroatoms. The van der Waals surface area contributed by atoms with Gasteiger partial charge in [0, 0.05) is 11.6 Å². The summed E-state index contributed by atoms with van der Waals surface area (Å²) in [7, 11) is 1.17. The first-order valence-electron chi connectivity index (χ1n) is 8.73. The number of rotatable bonds is 5. The lowest BCUT2D eigenvalue weighted by Crippen LogP contribution is -2.33. The fourth-order valence-electron chi connectivity index (χ4n) is 3.31. The van der Waals surface area contributed by atoms with Gasteiger partial charge < -0.3 is 10.1 Å². The Bertz CT molecular complexity index is 1190. The summed E-state index contributed by atoms with van der Waals surface area (Å²) in [5.74, 6) is -1.30. The molecule has 0 saturated heterocycles. The van der Waals surface area contributed by atoms with Gasteiger partial charge in [-0.05, 0) is 16.5 Å². The van der Waals surface area contributed by atoms with Gasteiger partial charge in [0.25, 0.3) is 5.69 Å². The number of carbonyl (C=O) groups is 2. The standard InChI is InChI=1S/C19H14N6O5/c1-30-18(27)15-14(17(26)11-7-3-2-4-8-11)16(24-19(20-15)21-22-23-24)12-9-5-6-10-13(12)25(28)29/h2-10,16H,1H3,(H,20,21,23).